The number of hydrogen-bond acceptors (Lipinski definition) is 4. The van der Waals surface area contributed by atoms with Crippen LogP contribution in [0.15, 0.2) is 4.42 Å². The third-order valence-corrected chi connectivity index (χ3v) is 1.87. The van der Waals surface area contributed by atoms with Gasteiger partial charge in [-0.25, -0.2) is 4.98 Å². The molecule has 1 unspecified atom stereocenters. The molecule has 5 nitrogen and oxygen atoms in total. The summed E-state index contributed by atoms with van der Waals surface area (Å²) in [5, 5.41) is 18.0. The quantitative estimate of drug-likeness (QED) is 0.760. The largest absolute Gasteiger partial charge is 0.481 e. The van der Waals surface area contributed by atoms with Crippen molar-refractivity contribution in [1.29, 1.82) is 0 Å². The fourth-order valence-electron chi connectivity index (χ4n) is 1.25. The van der Waals surface area contributed by atoms with Crippen LogP contribution in [0.3, 0.4) is 0 Å². The van der Waals surface area contributed by atoms with Crippen molar-refractivity contribution in [2.45, 2.75) is 32.8 Å². The lowest BCUT2D eigenvalue weighted by molar-refractivity contribution is -0.137. The minimum Gasteiger partial charge on any atom is -0.481 e. The summed E-state index contributed by atoms with van der Waals surface area (Å²) in [7, 11) is 0. The maximum absolute atomic E-state index is 10.3. The van der Waals surface area contributed by atoms with Gasteiger partial charge in [-0.1, -0.05) is 0 Å². The van der Waals surface area contributed by atoms with Gasteiger partial charge in [-0.15, -0.1) is 0 Å². The number of nitrogens with zero attached hydrogens (tertiary/aromatic N) is 1. The summed E-state index contributed by atoms with van der Waals surface area (Å²) in [6, 6.07) is 0. The van der Waals surface area contributed by atoms with Crippen LogP contribution in [-0.2, 0) is 4.79 Å². The van der Waals surface area contributed by atoms with E-state index in [2.05, 4.69) is 4.98 Å². The highest BCUT2D eigenvalue weighted by atomic mass is 16.4. The van der Waals surface area contributed by atoms with Crippen molar-refractivity contribution in [3.05, 3.63) is 17.3 Å². The summed E-state index contributed by atoms with van der Waals surface area (Å²) in [6.07, 6.45) is -0.821. The van der Waals surface area contributed by atoms with E-state index >= 15 is 0 Å². The van der Waals surface area contributed by atoms with E-state index in [1.54, 1.807) is 13.8 Å². The van der Waals surface area contributed by atoms with E-state index < -0.39 is 12.1 Å². The van der Waals surface area contributed by atoms with Crippen molar-refractivity contribution in [3.8, 4) is 0 Å². The molecule has 0 spiro atoms. The number of aliphatic hydroxyl groups excluding tert-OH is 1. The first-order valence-electron chi connectivity index (χ1n) is 4.34. The second-order valence-electron chi connectivity index (χ2n) is 3.13. The van der Waals surface area contributed by atoms with Crippen LogP contribution in [0.1, 0.15) is 36.3 Å². The molecular formula is C9H13NO4. The molecule has 0 bridgehead atoms. The van der Waals surface area contributed by atoms with E-state index in [0.29, 0.717) is 17.3 Å². The SMILES string of the molecule is Cc1nc(C)c(C(O)CCC(=O)O)o1. The van der Waals surface area contributed by atoms with Crippen LogP contribution < -0.4 is 0 Å². The standard InChI is InChI=1S/C9H13NO4/c1-5-9(14-6(2)10-5)7(11)3-4-8(12)13/h7,11H,3-4H2,1-2H3,(H,12,13). The normalized spacial score (nSPS) is 12.8. The zero-order valence-electron chi connectivity index (χ0n) is 8.15. The van der Waals surface area contributed by atoms with Crippen LogP contribution in [0.5, 0.6) is 0 Å². The van der Waals surface area contributed by atoms with Crippen molar-refractivity contribution in [2.24, 2.45) is 0 Å². The Kier molecular flexibility index (Phi) is 3.24. The summed E-state index contributed by atoms with van der Waals surface area (Å²) in [5.41, 5.74) is 0.611. The maximum atomic E-state index is 10.3. The number of aryl methyl sites for hydroxylation is 2. The van der Waals surface area contributed by atoms with Crippen LogP contribution in [0.2, 0.25) is 0 Å². The highest BCUT2D eigenvalue weighted by molar-refractivity contribution is 5.66. The molecule has 0 fully saturated rings. The summed E-state index contributed by atoms with van der Waals surface area (Å²) in [4.78, 5) is 14.3. The Bertz CT molecular complexity index is 332. The van der Waals surface area contributed by atoms with Gasteiger partial charge in [0.1, 0.15) is 6.10 Å². The summed E-state index contributed by atoms with van der Waals surface area (Å²) in [6.45, 7) is 3.40. The Morgan fingerprint density at radius 2 is 2.21 bits per heavy atom. The monoisotopic (exact) mass is 199 g/mol. The van der Waals surface area contributed by atoms with E-state index in [1.165, 1.54) is 0 Å². The molecule has 1 aromatic rings. The van der Waals surface area contributed by atoms with Crippen LogP contribution in [-0.4, -0.2) is 21.2 Å². The number of aromatic nitrogens is 1. The van der Waals surface area contributed by atoms with Gasteiger partial charge in [0.15, 0.2) is 11.7 Å². The molecule has 0 aliphatic rings. The Morgan fingerprint density at radius 1 is 1.57 bits per heavy atom. The Balaban J connectivity index is 2.64. The van der Waals surface area contributed by atoms with Gasteiger partial charge in [0.05, 0.1) is 5.69 Å². The fraction of sp³-hybridized carbons (Fsp3) is 0.556. The maximum Gasteiger partial charge on any atom is 0.303 e. The second-order valence-corrected chi connectivity index (χ2v) is 3.13. The van der Waals surface area contributed by atoms with Crippen molar-refractivity contribution in [2.75, 3.05) is 0 Å². The molecule has 0 saturated carbocycles. The molecule has 0 radical (unpaired) electrons. The molecule has 1 rings (SSSR count). The van der Waals surface area contributed by atoms with E-state index in [1.807, 2.05) is 0 Å². The molecule has 0 saturated heterocycles. The van der Waals surface area contributed by atoms with Gasteiger partial charge in [0, 0.05) is 13.3 Å². The minimum atomic E-state index is -0.932. The summed E-state index contributed by atoms with van der Waals surface area (Å²) < 4.78 is 5.15. The number of oxazole rings is 1. The molecular weight excluding hydrogens is 186 g/mol. The number of aliphatic carboxylic acids is 1. The van der Waals surface area contributed by atoms with Crippen LogP contribution >= 0.6 is 0 Å². The molecule has 0 amide bonds. The molecule has 1 atom stereocenters. The van der Waals surface area contributed by atoms with Crippen LogP contribution in [0.25, 0.3) is 0 Å². The smallest absolute Gasteiger partial charge is 0.303 e. The van der Waals surface area contributed by atoms with Crippen molar-refractivity contribution in [3.63, 3.8) is 0 Å². The number of carboxylic acids is 1. The molecule has 0 aromatic carbocycles. The number of carboxylic acid groups (broad SMARTS) is 1. The van der Waals surface area contributed by atoms with Crippen LogP contribution in [0, 0.1) is 13.8 Å². The van der Waals surface area contributed by atoms with Crippen molar-refractivity contribution >= 4 is 5.97 Å². The van der Waals surface area contributed by atoms with E-state index in [0.717, 1.165) is 0 Å². The summed E-state index contributed by atoms with van der Waals surface area (Å²) >= 11 is 0. The van der Waals surface area contributed by atoms with Crippen molar-refractivity contribution in [1.82, 2.24) is 4.98 Å². The fourth-order valence-corrected chi connectivity index (χ4v) is 1.25. The lowest BCUT2D eigenvalue weighted by Gasteiger charge is -2.05. The zero-order chi connectivity index (χ0) is 10.7. The van der Waals surface area contributed by atoms with Crippen LogP contribution in [0.4, 0.5) is 0 Å². The Morgan fingerprint density at radius 3 is 2.64 bits per heavy atom. The first kappa shape index (κ1) is 10.7. The predicted molar refractivity (Wildman–Crippen MR) is 47.8 cm³/mol. The highest BCUT2D eigenvalue weighted by Crippen LogP contribution is 2.22. The molecule has 2 N–H and O–H groups in total. The average Bonchev–Trinajstić information content (AvgIpc) is 2.41. The predicted octanol–water partition coefficient (Wildman–Crippen LogP) is 1.19. The number of carbonyl (C=O) groups is 1. The highest BCUT2D eigenvalue weighted by Gasteiger charge is 2.17. The van der Waals surface area contributed by atoms with Gasteiger partial charge < -0.3 is 14.6 Å². The van der Waals surface area contributed by atoms with Gasteiger partial charge in [-0.2, -0.15) is 0 Å². The number of hydrogen-bond donors (Lipinski definition) is 2. The Labute approximate surface area is 81.4 Å². The molecule has 0 aliphatic carbocycles. The van der Waals surface area contributed by atoms with E-state index in [-0.39, 0.29) is 12.8 Å². The number of aliphatic hydroxyl groups is 1. The first-order valence-corrected chi connectivity index (χ1v) is 4.34. The number of rotatable bonds is 4. The van der Waals surface area contributed by atoms with Gasteiger partial charge >= 0.3 is 5.97 Å². The molecule has 5 heteroatoms. The third-order valence-electron chi connectivity index (χ3n) is 1.87. The topological polar surface area (TPSA) is 83.6 Å². The first-order chi connectivity index (χ1) is 6.50. The lowest BCUT2D eigenvalue weighted by atomic mass is 10.1. The zero-order valence-corrected chi connectivity index (χ0v) is 8.15. The van der Waals surface area contributed by atoms with Crippen molar-refractivity contribution < 1.29 is 19.4 Å². The third kappa shape index (κ3) is 2.56. The Hall–Kier alpha value is -1.36. The van der Waals surface area contributed by atoms with E-state index in [4.69, 9.17) is 9.52 Å². The van der Waals surface area contributed by atoms with Gasteiger partial charge in [0.2, 0.25) is 0 Å². The molecule has 0 aliphatic heterocycles. The minimum absolute atomic E-state index is 0.0830. The van der Waals surface area contributed by atoms with Gasteiger partial charge in [-0.05, 0) is 13.3 Å². The van der Waals surface area contributed by atoms with E-state index in [9.17, 15) is 9.90 Å². The van der Waals surface area contributed by atoms with Gasteiger partial charge in [-0.3, -0.25) is 4.79 Å². The molecule has 14 heavy (non-hydrogen) atoms. The average molecular weight is 199 g/mol. The summed E-state index contributed by atoms with van der Waals surface area (Å²) in [5.74, 6) is -0.0893. The molecule has 1 heterocycles. The molecule has 1 aromatic heterocycles. The lowest BCUT2D eigenvalue weighted by Crippen LogP contribution is -2.02. The molecule has 78 valence electrons. The second kappa shape index (κ2) is 4.23. The van der Waals surface area contributed by atoms with Gasteiger partial charge in [0.25, 0.3) is 0 Å².